The van der Waals surface area contributed by atoms with Crippen LogP contribution in [0.2, 0.25) is 0 Å². The molecule has 0 saturated heterocycles. The van der Waals surface area contributed by atoms with Gasteiger partial charge in [0.25, 0.3) is 6.43 Å². The van der Waals surface area contributed by atoms with Gasteiger partial charge in [-0.2, -0.15) is 0 Å². The zero-order valence-electron chi connectivity index (χ0n) is 11.2. The Kier molecular flexibility index (Phi) is 5.35. The van der Waals surface area contributed by atoms with E-state index in [-0.39, 0.29) is 11.6 Å². The minimum absolute atomic E-state index is 0.148. The van der Waals surface area contributed by atoms with Gasteiger partial charge in [0.2, 0.25) is 0 Å². The first-order valence-electron chi connectivity index (χ1n) is 6.37. The van der Waals surface area contributed by atoms with Crippen molar-refractivity contribution >= 4 is 33.9 Å². The number of anilines is 1. The predicted octanol–water partition coefficient (Wildman–Crippen LogP) is 2.56. The highest BCUT2D eigenvalue weighted by molar-refractivity contribution is 7.80. The number of rotatable bonds is 7. The minimum Gasteiger partial charge on any atom is -0.389 e. The van der Waals surface area contributed by atoms with Gasteiger partial charge < -0.3 is 15.8 Å². The van der Waals surface area contributed by atoms with Crippen molar-refractivity contribution < 1.29 is 13.5 Å². The molecule has 0 spiro atoms. The fourth-order valence-electron chi connectivity index (χ4n) is 1.85. The highest BCUT2D eigenvalue weighted by atomic mass is 32.1. The molecule has 4 nitrogen and oxygen atoms in total. The van der Waals surface area contributed by atoms with Gasteiger partial charge in [0, 0.05) is 11.9 Å². The quantitative estimate of drug-likeness (QED) is 0.608. The van der Waals surface area contributed by atoms with E-state index < -0.39 is 13.0 Å². The van der Waals surface area contributed by atoms with Gasteiger partial charge in [0.1, 0.15) is 17.4 Å². The van der Waals surface area contributed by atoms with E-state index >= 15 is 0 Å². The van der Waals surface area contributed by atoms with Crippen molar-refractivity contribution in [2.75, 3.05) is 25.1 Å². The standard InChI is InChI=1S/C14H15F2N3OS/c15-12(16)8-20-6-5-18-14-10(13(17)21)7-9-3-1-2-4-11(9)19-14/h1-4,7,12H,5-6,8H2,(H2,17,21)(H,18,19). The summed E-state index contributed by atoms with van der Waals surface area (Å²) in [5.74, 6) is 0.529. The number of fused-ring (bicyclic) bond motifs is 1. The summed E-state index contributed by atoms with van der Waals surface area (Å²) < 4.78 is 28.7. The maximum absolute atomic E-state index is 11.9. The second kappa shape index (κ2) is 7.24. The molecule has 2 rings (SSSR count). The number of halogens is 2. The number of nitrogens with one attached hydrogen (secondary N) is 1. The summed E-state index contributed by atoms with van der Waals surface area (Å²) in [5.41, 5.74) is 7.12. The molecule has 0 aliphatic carbocycles. The molecular formula is C14H15F2N3OS. The summed E-state index contributed by atoms with van der Waals surface area (Å²) in [6, 6.07) is 9.42. The summed E-state index contributed by atoms with van der Waals surface area (Å²) in [7, 11) is 0. The molecule has 1 aromatic heterocycles. The Bertz CT molecular complexity index is 637. The fraction of sp³-hybridized carbons (Fsp3) is 0.286. The first-order valence-corrected chi connectivity index (χ1v) is 6.78. The van der Waals surface area contributed by atoms with Gasteiger partial charge in [0.15, 0.2) is 0 Å². The van der Waals surface area contributed by atoms with Gasteiger partial charge in [0.05, 0.1) is 17.7 Å². The molecule has 21 heavy (non-hydrogen) atoms. The van der Waals surface area contributed by atoms with E-state index in [4.69, 9.17) is 22.7 Å². The van der Waals surface area contributed by atoms with Crippen LogP contribution in [0.5, 0.6) is 0 Å². The first kappa shape index (κ1) is 15.5. The van der Waals surface area contributed by atoms with E-state index in [2.05, 4.69) is 10.3 Å². The molecule has 0 unspecified atom stereocenters. The highest BCUT2D eigenvalue weighted by Crippen LogP contribution is 2.20. The molecule has 2 aromatic rings. The molecule has 0 fully saturated rings. The van der Waals surface area contributed by atoms with E-state index in [9.17, 15) is 8.78 Å². The number of hydrogen-bond acceptors (Lipinski definition) is 4. The smallest absolute Gasteiger partial charge is 0.261 e. The van der Waals surface area contributed by atoms with Crippen LogP contribution >= 0.6 is 12.2 Å². The van der Waals surface area contributed by atoms with Gasteiger partial charge in [-0.3, -0.25) is 0 Å². The number of aromatic nitrogens is 1. The van der Waals surface area contributed by atoms with E-state index in [0.29, 0.717) is 17.9 Å². The number of nitrogens with two attached hydrogens (primary N) is 1. The number of nitrogens with zero attached hydrogens (tertiary/aromatic N) is 1. The number of thiocarbonyl (C=S) groups is 1. The Morgan fingerprint density at radius 2 is 2.14 bits per heavy atom. The summed E-state index contributed by atoms with van der Waals surface area (Å²) in [5, 5.41) is 3.94. The molecular weight excluding hydrogens is 296 g/mol. The lowest BCUT2D eigenvalue weighted by Gasteiger charge is -2.12. The molecule has 1 heterocycles. The van der Waals surface area contributed by atoms with Crippen LogP contribution in [0.3, 0.4) is 0 Å². The summed E-state index contributed by atoms with van der Waals surface area (Å²) in [6.07, 6.45) is -2.46. The van der Waals surface area contributed by atoms with Gasteiger partial charge in [-0.25, -0.2) is 13.8 Å². The summed E-state index contributed by atoms with van der Waals surface area (Å²) >= 11 is 5.02. The summed E-state index contributed by atoms with van der Waals surface area (Å²) in [6.45, 7) is -0.0850. The van der Waals surface area contributed by atoms with Gasteiger partial charge in [-0.05, 0) is 12.1 Å². The number of alkyl halides is 2. The molecule has 7 heteroatoms. The molecule has 112 valence electrons. The fourth-order valence-corrected chi connectivity index (χ4v) is 2.01. The molecule has 0 radical (unpaired) electrons. The van der Waals surface area contributed by atoms with Crippen LogP contribution < -0.4 is 11.1 Å². The second-order valence-electron chi connectivity index (χ2n) is 4.33. The van der Waals surface area contributed by atoms with Crippen molar-refractivity contribution in [3.05, 3.63) is 35.9 Å². The monoisotopic (exact) mass is 311 g/mol. The van der Waals surface area contributed by atoms with Crippen molar-refractivity contribution in [3.8, 4) is 0 Å². The number of pyridine rings is 1. The number of ether oxygens (including phenoxy) is 1. The van der Waals surface area contributed by atoms with E-state index in [1.165, 1.54) is 0 Å². The van der Waals surface area contributed by atoms with Crippen LogP contribution in [0.4, 0.5) is 14.6 Å². The van der Waals surface area contributed by atoms with E-state index in [1.54, 1.807) is 0 Å². The molecule has 0 aliphatic rings. The molecule has 0 atom stereocenters. The third kappa shape index (κ3) is 4.30. The predicted molar refractivity (Wildman–Crippen MR) is 82.9 cm³/mol. The van der Waals surface area contributed by atoms with Crippen molar-refractivity contribution in [1.29, 1.82) is 0 Å². The number of hydrogen-bond donors (Lipinski definition) is 2. The Morgan fingerprint density at radius 1 is 1.38 bits per heavy atom. The highest BCUT2D eigenvalue weighted by Gasteiger charge is 2.09. The average molecular weight is 311 g/mol. The molecule has 0 aliphatic heterocycles. The molecule has 1 aromatic carbocycles. The zero-order chi connectivity index (χ0) is 15.2. The van der Waals surface area contributed by atoms with Crippen LogP contribution in [0, 0.1) is 0 Å². The maximum atomic E-state index is 11.9. The third-order valence-corrected chi connectivity index (χ3v) is 2.99. The van der Waals surface area contributed by atoms with Crippen molar-refractivity contribution in [3.63, 3.8) is 0 Å². The van der Waals surface area contributed by atoms with Crippen molar-refractivity contribution in [2.24, 2.45) is 5.73 Å². The van der Waals surface area contributed by atoms with Crippen molar-refractivity contribution in [2.45, 2.75) is 6.43 Å². The number of para-hydroxylation sites is 1. The topological polar surface area (TPSA) is 60.2 Å². The second-order valence-corrected chi connectivity index (χ2v) is 4.77. The Balaban J connectivity index is 2.10. The first-order chi connectivity index (χ1) is 10.1. The van der Waals surface area contributed by atoms with Crippen LogP contribution in [0.25, 0.3) is 10.9 Å². The zero-order valence-corrected chi connectivity index (χ0v) is 12.0. The minimum atomic E-state index is -2.46. The largest absolute Gasteiger partial charge is 0.389 e. The van der Waals surface area contributed by atoms with Crippen LogP contribution in [0.15, 0.2) is 30.3 Å². The van der Waals surface area contributed by atoms with Gasteiger partial charge in [-0.15, -0.1) is 0 Å². The van der Waals surface area contributed by atoms with Crippen LogP contribution in [0.1, 0.15) is 5.56 Å². The summed E-state index contributed by atoms with van der Waals surface area (Å²) in [4.78, 5) is 4.67. The lowest BCUT2D eigenvalue weighted by Crippen LogP contribution is -2.18. The van der Waals surface area contributed by atoms with Crippen LogP contribution in [-0.4, -0.2) is 36.2 Å². The maximum Gasteiger partial charge on any atom is 0.261 e. The Labute approximate surface area is 126 Å². The van der Waals surface area contributed by atoms with Crippen molar-refractivity contribution in [1.82, 2.24) is 4.98 Å². The molecule has 0 bridgehead atoms. The van der Waals surface area contributed by atoms with Crippen LogP contribution in [-0.2, 0) is 4.74 Å². The van der Waals surface area contributed by atoms with Gasteiger partial charge in [-0.1, -0.05) is 30.4 Å². The molecule has 0 saturated carbocycles. The van der Waals surface area contributed by atoms with E-state index in [1.807, 2.05) is 30.3 Å². The molecule has 0 amide bonds. The molecule has 3 N–H and O–H groups in total. The lowest BCUT2D eigenvalue weighted by atomic mass is 10.1. The van der Waals surface area contributed by atoms with E-state index in [0.717, 1.165) is 10.9 Å². The average Bonchev–Trinajstić information content (AvgIpc) is 2.45. The SMILES string of the molecule is NC(=S)c1cc2ccccc2nc1NCCOCC(F)F. The number of benzene rings is 1. The Hall–Kier alpha value is -1.86. The third-order valence-electron chi connectivity index (χ3n) is 2.77. The normalized spacial score (nSPS) is 11.0. The van der Waals surface area contributed by atoms with Gasteiger partial charge >= 0.3 is 0 Å². The Morgan fingerprint density at radius 3 is 2.86 bits per heavy atom. The lowest BCUT2D eigenvalue weighted by molar-refractivity contribution is 0.0215.